The molecule has 1 unspecified atom stereocenters. The van der Waals surface area contributed by atoms with Gasteiger partial charge in [0.15, 0.2) is 6.61 Å². The van der Waals surface area contributed by atoms with Gasteiger partial charge in [-0.1, -0.05) is 41.5 Å². The molecule has 0 aliphatic carbocycles. The first kappa shape index (κ1) is 30.3. The molecule has 0 aliphatic heterocycles. The highest BCUT2D eigenvalue weighted by molar-refractivity contribution is 5.78. The minimum Gasteiger partial charge on any atom is -0.463 e. The second-order valence-electron chi connectivity index (χ2n) is 9.61. The molecule has 0 aromatic rings. The lowest BCUT2D eigenvalue weighted by Crippen LogP contribution is -2.61. The van der Waals surface area contributed by atoms with Crippen molar-refractivity contribution in [1.82, 2.24) is 0 Å². The molecule has 0 N–H and O–H groups in total. The van der Waals surface area contributed by atoms with Crippen molar-refractivity contribution in [1.29, 1.82) is 0 Å². The number of carbonyl (C=O) groups is 2. The Morgan fingerprint density at radius 1 is 0.750 bits per heavy atom. The molecule has 0 radical (unpaired) electrons. The average molecular weight is 490 g/mol. The predicted octanol–water partition coefficient (Wildman–Crippen LogP) is 6.03. The molecule has 1 atom stereocenters. The molecule has 32 heavy (non-hydrogen) atoms. The molecule has 190 valence electrons. The minimum atomic E-state index is -7.02. The average Bonchev–Trinajstić information content (AvgIpc) is 2.54. The number of halogens is 9. The van der Waals surface area contributed by atoms with E-state index in [9.17, 15) is 49.1 Å². The van der Waals surface area contributed by atoms with Crippen LogP contribution in [0.3, 0.4) is 0 Å². The van der Waals surface area contributed by atoms with Gasteiger partial charge in [-0.25, -0.2) is 4.79 Å². The fourth-order valence-corrected chi connectivity index (χ4v) is 2.49. The van der Waals surface area contributed by atoms with Crippen LogP contribution in [-0.2, 0) is 19.1 Å². The zero-order chi connectivity index (χ0) is 26.0. The summed E-state index contributed by atoms with van der Waals surface area (Å²) in [6.45, 7) is 8.07. The number of alkyl halides is 9. The Hall–Kier alpha value is -1.69. The molecular weight excluding hydrogens is 463 g/mol. The van der Waals surface area contributed by atoms with E-state index in [4.69, 9.17) is 4.74 Å². The molecule has 0 spiro atoms. The van der Waals surface area contributed by atoms with Crippen LogP contribution in [0.25, 0.3) is 0 Å². The Balaban J connectivity index is 4.93. The van der Waals surface area contributed by atoms with Crippen molar-refractivity contribution in [2.45, 2.75) is 78.3 Å². The van der Waals surface area contributed by atoms with Crippen molar-refractivity contribution in [3.63, 3.8) is 0 Å². The summed E-state index contributed by atoms with van der Waals surface area (Å²) >= 11 is 0. The van der Waals surface area contributed by atoms with Gasteiger partial charge < -0.3 is 9.47 Å². The first-order chi connectivity index (χ1) is 13.9. The van der Waals surface area contributed by atoms with Crippen LogP contribution >= 0.6 is 0 Å². The quantitative estimate of drug-likeness (QED) is 0.293. The van der Waals surface area contributed by atoms with Crippen molar-refractivity contribution in [3.05, 3.63) is 0 Å². The minimum absolute atomic E-state index is 0.299. The maximum absolute atomic E-state index is 13.4. The molecule has 0 heterocycles. The smallest absolute Gasteiger partial charge is 0.460 e. The van der Waals surface area contributed by atoms with Crippen LogP contribution in [0.1, 0.15) is 54.4 Å². The first-order valence-electron chi connectivity index (χ1n) is 9.39. The second-order valence-corrected chi connectivity index (χ2v) is 9.61. The topological polar surface area (TPSA) is 52.6 Å². The van der Waals surface area contributed by atoms with Gasteiger partial charge >= 0.3 is 35.9 Å². The summed E-state index contributed by atoms with van der Waals surface area (Å²) in [7, 11) is 0. The SMILES string of the molecule is CC(C)(C)CC(C(=O)OCC(=O)OCCC(F)(F)C(F)(F)C(F)(F)C(F)(F)F)C(C)(C)C. The van der Waals surface area contributed by atoms with Gasteiger partial charge in [-0.3, -0.25) is 4.79 Å². The van der Waals surface area contributed by atoms with Gasteiger partial charge in [0.1, 0.15) is 0 Å². The number of hydrogen-bond donors (Lipinski definition) is 0. The molecule has 0 aromatic carbocycles. The highest BCUT2D eigenvalue weighted by atomic mass is 19.4. The number of ether oxygens (including phenoxy) is 2. The van der Waals surface area contributed by atoms with Crippen molar-refractivity contribution >= 4 is 11.9 Å². The predicted molar refractivity (Wildman–Crippen MR) is 94.4 cm³/mol. The van der Waals surface area contributed by atoms with Crippen LogP contribution in [0, 0.1) is 16.7 Å². The summed E-state index contributed by atoms with van der Waals surface area (Å²) in [5.41, 5.74) is -0.877. The highest BCUT2D eigenvalue weighted by Gasteiger charge is 2.81. The molecule has 0 bridgehead atoms. The third kappa shape index (κ3) is 7.72. The van der Waals surface area contributed by atoms with Gasteiger partial charge in [-0.05, 0) is 17.3 Å². The van der Waals surface area contributed by atoms with Crippen LogP contribution in [0.4, 0.5) is 39.5 Å². The summed E-state index contributed by atoms with van der Waals surface area (Å²) in [5.74, 6) is -22.6. The van der Waals surface area contributed by atoms with Crippen LogP contribution < -0.4 is 0 Å². The molecule has 4 nitrogen and oxygen atoms in total. The summed E-state index contributed by atoms with van der Waals surface area (Å²) in [6.07, 6.45) is -8.89. The molecule has 0 saturated carbocycles. The van der Waals surface area contributed by atoms with E-state index in [0.717, 1.165) is 0 Å². The standard InChI is InChI=1S/C19H27F9O4/c1-14(2,3)9-11(15(4,5)6)13(30)32-10-12(29)31-8-7-16(20,21)17(22,23)18(24,25)19(26,27)28/h11H,7-10H2,1-6H3. The van der Waals surface area contributed by atoms with Crippen molar-refractivity contribution in [2.24, 2.45) is 16.7 Å². The normalized spacial score (nSPS) is 15.3. The molecule has 0 saturated heterocycles. The monoisotopic (exact) mass is 490 g/mol. The van der Waals surface area contributed by atoms with E-state index < -0.39 is 66.8 Å². The Labute approximate surface area is 179 Å². The van der Waals surface area contributed by atoms with Crippen LogP contribution in [0.5, 0.6) is 0 Å². The Kier molecular flexibility index (Phi) is 9.15. The Bertz CT molecular complexity index is 659. The van der Waals surface area contributed by atoms with Crippen molar-refractivity contribution in [2.75, 3.05) is 13.2 Å². The number of carbonyl (C=O) groups excluding carboxylic acids is 2. The lowest BCUT2D eigenvalue weighted by atomic mass is 9.72. The summed E-state index contributed by atoms with van der Waals surface area (Å²) < 4.78 is 124. The lowest BCUT2D eigenvalue weighted by Gasteiger charge is -2.33. The fourth-order valence-electron chi connectivity index (χ4n) is 2.49. The third-order valence-corrected chi connectivity index (χ3v) is 4.37. The van der Waals surface area contributed by atoms with Gasteiger partial charge in [0.05, 0.1) is 18.9 Å². The van der Waals surface area contributed by atoms with E-state index in [1.165, 1.54) is 0 Å². The summed E-state index contributed by atoms with van der Waals surface area (Å²) in [6, 6.07) is 0. The van der Waals surface area contributed by atoms with E-state index in [0.29, 0.717) is 6.42 Å². The molecular formula is C19H27F9O4. The summed E-state index contributed by atoms with van der Waals surface area (Å²) in [5, 5.41) is 0. The van der Waals surface area contributed by atoms with Gasteiger partial charge in [-0.2, -0.15) is 39.5 Å². The zero-order valence-corrected chi connectivity index (χ0v) is 18.4. The lowest BCUT2D eigenvalue weighted by molar-refractivity contribution is -0.397. The first-order valence-corrected chi connectivity index (χ1v) is 9.39. The summed E-state index contributed by atoms with van der Waals surface area (Å²) in [4.78, 5) is 23.8. The third-order valence-electron chi connectivity index (χ3n) is 4.37. The van der Waals surface area contributed by atoms with Gasteiger partial charge in [-0.15, -0.1) is 0 Å². The van der Waals surface area contributed by atoms with Crippen LogP contribution in [-0.4, -0.2) is 49.1 Å². The van der Waals surface area contributed by atoms with Gasteiger partial charge in [0.25, 0.3) is 0 Å². The molecule has 13 heteroatoms. The number of hydrogen-bond acceptors (Lipinski definition) is 4. The highest BCUT2D eigenvalue weighted by Crippen LogP contribution is 2.54. The van der Waals surface area contributed by atoms with Gasteiger partial charge in [0, 0.05) is 0 Å². The van der Waals surface area contributed by atoms with Crippen molar-refractivity contribution in [3.8, 4) is 0 Å². The van der Waals surface area contributed by atoms with E-state index in [1.54, 1.807) is 20.8 Å². The molecule has 0 fully saturated rings. The number of esters is 2. The molecule has 0 amide bonds. The largest absolute Gasteiger partial charge is 0.463 e. The van der Waals surface area contributed by atoms with Crippen LogP contribution in [0.2, 0.25) is 0 Å². The molecule has 0 aromatic heterocycles. The Morgan fingerprint density at radius 2 is 1.22 bits per heavy atom. The maximum atomic E-state index is 13.4. The second kappa shape index (κ2) is 9.66. The van der Waals surface area contributed by atoms with E-state index in [-0.39, 0.29) is 5.41 Å². The maximum Gasteiger partial charge on any atom is 0.460 e. The molecule has 0 rings (SSSR count). The van der Waals surface area contributed by atoms with E-state index in [1.807, 2.05) is 20.8 Å². The zero-order valence-electron chi connectivity index (χ0n) is 18.4. The van der Waals surface area contributed by atoms with E-state index >= 15 is 0 Å². The van der Waals surface area contributed by atoms with Crippen molar-refractivity contribution < 1.29 is 58.6 Å². The molecule has 0 aliphatic rings. The fraction of sp³-hybridized carbons (Fsp3) is 0.895. The Morgan fingerprint density at radius 3 is 1.59 bits per heavy atom. The van der Waals surface area contributed by atoms with Crippen LogP contribution in [0.15, 0.2) is 0 Å². The van der Waals surface area contributed by atoms with Gasteiger partial charge in [0.2, 0.25) is 0 Å². The van der Waals surface area contributed by atoms with E-state index in [2.05, 4.69) is 4.74 Å². The number of rotatable bonds is 9.